The number of ketones is 1. The van der Waals surface area contributed by atoms with Crippen molar-refractivity contribution in [3.8, 4) is 0 Å². The predicted octanol–water partition coefficient (Wildman–Crippen LogP) is 1.39. The lowest BCUT2D eigenvalue weighted by molar-refractivity contribution is -0.661. The quantitative estimate of drug-likeness (QED) is 0.0590. The van der Waals surface area contributed by atoms with Crippen molar-refractivity contribution in [2.24, 2.45) is 16.8 Å². The Hall–Kier alpha value is -4.26. The van der Waals surface area contributed by atoms with E-state index in [1.54, 1.807) is 5.38 Å². The summed E-state index contributed by atoms with van der Waals surface area (Å²) in [4.78, 5) is 53.5. The van der Waals surface area contributed by atoms with E-state index in [1.165, 1.54) is 35.1 Å². The molecule has 0 bridgehead atoms. The fourth-order valence-electron chi connectivity index (χ4n) is 5.17. The summed E-state index contributed by atoms with van der Waals surface area (Å²) in [6.07, 6.45) is 5.35. The number of amides is 1. The van der Waals surface area contributed by atoms with Crippen molar-refractivity contribution >= 4 is 86.0 Å². The molecule has 0 aromatic carbocycles. The van der Waals surface area contributed by atoms with E-state index >= 15 is 0 Å². The van der Waals surface area contributed by atoms with Gasteiger partial charge in [-0.25, -0.2) is 24.0 Å². The predicted molar refractivity (Wildman–Crippen MR) is 164 cm³/mol. The SMILES string of the molecule is CO/N=C(\C(=O)C[C@@H]1C(=O)N2C(C(=O)O)=C(Cn3ccc4n3cc[n+]4Cc3nc(C(=N)N)cs3)CS[C@H]12)c1nc(N)sc1Cl. The minimum absolute atomic E-state index is 0.0752. The fourth-order valence-corrected chi connectivity index (χ4v) is 8.29. The number of aromatic nitrogens is 5. The molecule has 6 N–H and O–H groups in total. The van der Waals surface area contributed by atoms with Crippen LogP contribution < -0.4 is 16.0 Å². The first-order valence-electron chi connectivity index (χ1n) is 12.9. The van der Waals surface area contributed by atoms with E-state index in [0.29, 0.717) is 23.6 Å². The number of carboxylic acids is 1. The Morgan fingerprint density at radius 2 is 2.14 bits per heavy atom. The summed E-state index contributed by atoms with van der Waals surface area (Å²) in [5, 5.41) is 23.6. The molecule has 2 atom stereocenters. The van der Waals surface area contributed by atoms with Crippen LogP contribution in [0.5, 0.6) is 0 Å². The van der Waals surface area contributed by atoms with E-state index in [-0.39, 0.29) is 45.4 Å². The van der Waals surface area contributed by atoms with E-state index in [4.69, 9.17) is 33.3 Å². The van der Waals surface area contributed by atoms with Crippen molar-refractivity contribution in [3.05, 3.63) is 62.0 Å². The Labute approximate surface area is 265 Å². The third kappa shape index (κ3) is 5.23. The molecule has 2 aliphatic rings. The molecule has 1 fully saturated rings. The van der Waals surface area contributed by atoms with E-state index in [0.717, 1.165) is 22.0 Å². The fraction of sp³-hybridized carbons (Fsp3) is 0.280. The van der Waals surface area contributed by atoms with Gasteiger partial charge in [0.05, 0.1) is 30.1 Å². The highest BCUT2D eigenvalue weighted by Crippen LogP contribution is 2.45. The van der Waals surface area contributed by atoms with Gasteiger partial charge in [-0.2, -0.15) is 0 Å². The number of nitrogen functional groups attached to an aromatic ring is 2. The van der Waals surface area contributed by atoms with Crippen LogP contribution in [0.3, 0.4) is 0 Å². The number of rotatable bonds is 11. The molecule has 4 aromatic rings. The van der Waals surface area contributed by atoms with Crippen LogP contribution in [0.4, 0.5) is 5.13 Å². The lowest BCUT2D eigenvalue weighted by Crippen LogP contribution is -2.62. The number of β-lactam (4-membered cyclic amide) rings is 1. The minimum atomic E-state index is -1.22. The third-order valence-electron chi connectivity index (χ3n) is 7.11. The topological polar surface area (TPSA) is 211 Å². The zero-order chi connectivity index (χ0) is 31.3. The minimum Gasteiger partial charge on any atom is -0.477 e. The van der Waals surface area contributed by atoms with Crippen LogP contribution in [0.15, 0.2) is 46.5 Å². The zero-order valence-electron chi connectivity index (χ0n) is 22.8. The molecule has 44 heavy (non-hydrogen) atoms. The van der Waals surface area contributed by atoms with Crippen LogP contribution in [0.25, 0.3) is 5.65 Å². The molecule has 2 aliphatic heterocycles. The molecular formula is C25H24ClN10O5S3+. The van der Waals surface area contributed by atoms with E-state index in [9.17, 15) is 19.5 Å². The lowest BCUT2D eigenvalue weighted by Gasteiger charge is -2.49. The number of fused-ring (bicyclic) bond motifs is 2. The van der Waals surface area contributed by atoms with Gasteiger partial charge in [0.2, 0.25) is 5.91 Å². The molecule has 228 valence electrons. The third-order valence-corrected chi connectivity index (χ3v) is 10.4. The van der Waals surface area contributed by atoms with E-state index in [1.807, 2.05) is 38.4 Å². The molecule has 6 rings (SSSR count). The number of anilines is 1. The second-order valence-corrected chi connectivity index (χ2v) is 13.5. The molecule has 0 saturated carbocycles. The van der Waals surface area contributed by atoms with E-state index < -0.39 is 29.0 Å². The molecule has 15 nitrogen and oxygen atoms in total. The molecule has 0 spiro atoms. The Kier molecular flexibility index (Phi) is 7.91. The molecule has 0 radical (unpaired) electrons. The van der Waals surface area contributed by atoms with Crippen molar-refractivity contribution in [2.45, 2.75) is 24.9 Å². The number of nitrogens with one attached hydrogen (secondary N) is 1. The number of thioether (sulfide) groups is 1. The van der Waals surface area contributed by atoms with Crippen molar-refractivity contribution in [1.29, 1.82) is 5.41 Å². The second-order valence-electron chi connectivity index (χ2n) is 9.78. The van der Waals surface area contributed by atoms with Gasteiger partial charge in [-0.3, -0.25) is 19.9 Å². The average Bonchev–Trinajstić information content (AvgIpc) is 3.77. The zero-order valence-corrected chi connectivity index (χ0v) is 26.0. The molecule has 6 heterocycles. The summed E-state index contributed by atoms with van der Waals surface area (Å²) in [6, 6.07) is 1.90. The number of carbonyl (C=O) groups excluding carboxylic acids is 2. The first kappa shape index (κ1) is 29.8. The number of nitrogens with two attached hydrogens (primary N) is 2. The van der Waals surface area contributed by atoms with Crippen molar-refractivity contribution in [3.63, 3.8) is 0 Å². The summed E-state index contributed by atoms with van der Waals surface area (Å²) >= 11 is 9.97. The normalized spacial score (nSPS) is 18.5. The number of imidazole rings is 1. The maximum atomic E-state index is 13.3. The molecule has 0 unspecified atom stereocenters. The molecule has 4 aromatic heterocycles. The van der Waals surface area contributed by atoms with Gasteiger partial charge >= 0.3 is 11.6 Å². The van der Waals surface area contributed by atoms with Gasteiger partial charge in [-0.05, 0) is 5.57 Å². The van der Waals surface area contributed by atoms with Gasteiger partial charge in [0, 0.05) is 17.6 Å². The number of thiazole rings is 2. The van der Waals surface area contributed by atoms with Gasteiger partial charge < -0.3 is 21.4 Å². The number of hydrogen-bond donors (Lipinski definition) is 4. The summed E-state index contributed by atoms with van der Waals surface area (Å²) in [6.45, 7) is 0.702. The maximum Gasteiger partial charge on any atom is 0.352 e. The Morgan fingerprint density at radius 1 is 1.34 bits per heavy atom. The van der Waals surface area contributed by atoms with Crippen LogP contribution in [0.2, 0.25) is 4.34 Å². The van der Waals surface area contributed by atoms with Gasteiger partial charge in [-0.15, -0.1) is 27.6 Å². The number of oxime groups is 1. The molecule has 1 amide bonds. The first-order valence-corrected chi connectivity index (χ1v) is 16.0. The number of hydrogen-bond acceptors (Lipinski definition) is 12. The van der Waals surface area contributed by atoms with Crippen LogP contribution >= 0.6 is 46.0 Å². The highest BCUT2D eigenvalue weighted by molar-refractivity contribution is 8.00. The van der Waals surface area contributed by atoms with Crippen molar-refractivity contribution < 1.29 is 28.9 Å². The number of Topliss-reactive ketones (excluding diaryl/α,β-unsaturated/α-hetero) is 1. The number of carbonyl (C=O) groups is 3. The summed E-state index contributed by atoms with van der Waals surface area (Å²) in [5.74, 6) is -2.69. The Morgan fingerprint density at radius 3 is 2.80 bits per heavy atom. The number of nitrogens with zero attached hydrogens (tertiary/aromatic N) is 7. The van der Waals surface area contributed by atoms with Gasteiger partial charge in [0.1, 0.15) is 52.1 Å². The number of halogens is 1. The monoisotopic (exact) mass is 675 g/mol. The summed E-state index contributed by atoms with van der Waals surface area (Å²) in [7, 11) is 1.27. The average molecular weight is 676 g/mol. The largest absolute Gasteiger partial charge is 0.477 e. The smallest absolute Gasteiger partial charge is 0.352 e. The maximum absolute atomic E-state index is 13.3. The standard InChI is InChI=1S/C25H23ClN10O5S3/c1-41-32-17(18-20(26)44-25(29)31-18)14(37)6-12-22(38)36-19(24(39)40)11(9-43-23(12)36)7-34-3-2-16-33(4-5-35(16)34)8-15-30-13(10-42-15)21(27)28/h2-5,10,12,23H,6-9H2,1H3,(H5-,27,28,29,31,39,40)/p+1/b32-17+/t12-,23-/m1/s1. The van der Waals surface area contributed by atoms with Crippen LogP contribution in [0.1, 0.15) is 22.8 Å². The van der Waals surface area contributed by atoms with Gasteiger partial charge in [-0.1, -0.05) is 28.1 Å². The molecule has 0 aliphatic carbocycles. The molecule has 19 heteroatoms. The lowest BCUT2D eigenvalue weighted by atomic mass is 9.89. The van der Waals surface area contributed by atoms with Gasteiger partial charge in [0.15, 0.2) is 22.8 Å². The number of amidine groups is 1. The van der Waals surface area contributed by atoms with E-state index in [2.05, 4.69) is 15.1 Å². The number of carboxylic acid groups (broad SMARTS) is 1. The highest BCUT2D eigenvalue weighted by Gasteiger charge is 2.54. The first-order chi connectivity index (χ1) is 21.1. The molecular weight excluding hydrogens is 652 g/mol. The summed E-state index contributed by atoms with van der Waals surface area (Å²) < 4.78 is 5.88. The van der Waals surface area contributed by atoms with Crippen LogP contribution in [-0.2, 0) is 32.3 Å². The van der Waals surface area contributed by atoms with Gasteiger partial charge in [0.25, 0.3) is 0 Å². The van der Waals surface area contributed by atoms with Crippen LogP contribution in [-0.4, -0.2) is 76.6 Å². The highest BCUT2D eigenvalue weighted by atomic mass is 35.5. The van der Waals surface area contributed by atoms with Crippen molar-refractivity contribution in [2.75, 3.05) is 18.6 Å². The van der Waals surface area contributed by atoms with Crippen molar-refractivity contribution in [1.82, 2.24) is 24.1 Å². The Bertz CT molecular complexity index is 1910. The Balaban J connectivity index is 1.20. The van der Waals surface area contributed by atoms with Crippen LogP contribution in [0, 0.1) is 11.3 Å². The second kappa shape index (κ2) is 11.7. The molecule has 1 saturated heterocycles. The summed E-state index contributed by atoms with van der Waals surface area (Å²) in [5.41, 5.74) is 12.9. The number of aliphatic carboxylic acids is 1.